The number of rotatable bonds is 7. The summed E-state index contributed by atoms with van der Waals surface area (Å²) in [4.78, 5) is 24.3. The molecule has 0 aliphatic heterocycles. The molecule has 150 valence electrons. The van der Waals surface area contributed by atoms with Crippen molar-refractivity contribution in [2.24, 2.45) is 0 Å². The van der Waals surface area contributed by atoms with E-state index < -0.39 is 24.3 Å². The molecule has 0 spiro atoms. The van der Waals surface area contributed by atoms with Gasteiger partial charge < -0.3 is 19.3 Å². The molecule has 0 atom stereocenters. The smallest absolute Gasteiger partial charge is 0.342 e. The number of para-hydroxylation sites is 1. The molecule has 3 aromatic rings. The number of hydrogen-bond acceptors (Lipinski definition) is 6. The standard InChI is InChI=1S/C21H19FN2O5/c1-13-18(14(2)29-24-13)11-27-19-9-4-3-8-17(19)21(26)28-12-20(25)23-16-7-5-6-15(22)10-16/h3-10H,11-12H2,1-2H3,(H,23,25). The molecule has 2 aromatic carbocycles. The maximum atomic E-state index is 13.2. The van der Waals surface area contributed by atoms with Crippen LogP contribution in [0.2, 0.25) is 0 Å². The highest BCUT2D eigenvalue weighted by Crippen LogP contribution is 2.22. The lowest BCUT2D eigenvalue weighted by Crippen LogP contribution is -2.21. The van der Waals surface area contributed by atoms with Crippen molar-refractivity contribution >= 4 is 17.6 Å². The van der Waals surface area contributed by atoms with Gasteiger partial charge in [0.15, 0.2) is 6.61 Å². The fourth-order valence-electron chi connectivity index (χ4n) is 2.59. The Morgan fingerprint density at radius 2 is 1.93 bits per heavy atom. The number of amides is 1. The summed E-state index contributed by atoms with van der Waals surface area (Å²) in [6.45, 7) is 3.22. The minimum absolute atomic E-state index is 0.172. The zero-order chi connectivity index (χ0) is 20.8. The number of aryl methyl sites for hydroxylation is 2. The van der Waals surface area contributed by atoms with E-state index >= 15 is 0 Å². The number of aromatic nitrogens is 1. The lowest BCUT2D eigenvalue weighted by molar-refractivity contribution is -0.119. The molecule has 7 nitrogen and oxygen atoms in total. The summed E-state index contributed by atoms with van der Waals surface area (Å²) in [5.41, 5.74) is 1.95. The Kier molecular flexibility index (Phi) is 6.23. The summed E-state index contributed by atoms with van der Waals surface area (Å²) in [6, 6.07) is 12.0. The quantitative estimate of drug-likeness (QED) is 0.609. The molecule has 1 heterocycles. The van der Waals surface area contributed by atoms with E-state index in [1.807, 2.05) is 0 Å². The van der Waals surface area contributed by atoms with Gasteiger partial charge in [-0.3, -0.25) is 4.79 Å². The molecule has 0 aliphatic carbocycles. The van der Waals surface area contributed by atoms with E-state index in [1.54, 1.807) is 32.0 Å². The maximum Gasteiger partial charge on any atom is 0.342 e. The molecule has 0 aliphatic rings. The Bertz CT molecular complexity index is 1010. The molecular formula is C21H19FN2O5. The monoisotopic (exact) mass is 398 g/mol. The van der Waals surface area contributed by atoms with Crippen LogP contribution in [0.15, 0.2) is 53.1 Å². The van der Waals surface area contributed by atoms with Gasteiger partial charge in [-0.1, -0.05) is 23.4 Å². The first kappa shape index (κ1) is 20.1. The molecule has 3 rings (SSSR count). The second-order valence-corrected chi connectivity index (χ2v) is 6.22. The van der Waals surface area contributed by atoms with Crippen LogP contribution in [-0.2, 0) is 16.1 Å². The molecule has 0 bridgehead atoms. The first-order valence-corrected chi connectivity index (χ1v) is 8.80. The van der Waals surface area contributed by atoms with Gasteiger partial charge in [-0.15, -0.1) is 0 Å². The van der Waals surface area contributed by atoms with Gasteiger partial charge in [-0.05, 0) is 44.2 Å². The number of nitrogens with zero attached hydrogens (tertiary/aromatic N) is 1. The van der Waals surface area contributed by atoms with Crippen molar-refractivity contribution in [2.75, 3.05) is 11.9 Å². The van der Waals surface area contributed by atoms with Crippen molar-refractivity contribution < 1.29 is 28.0 Å². The Morgan fingerprint density at radius 1 is 1.14 bits per heavy atom. The third kappa shape index (κ3) is 5.19. The summed E-state index contributed by atoms with van der Waals surface area (Å²) in [7, 11) is 0. The van der Waals surface area contributed by atoms with Crippen molar-refractivity contribution in [2.45, 2.75) is 20.5 Å². The molecule has 0 saturated heterocycles. The van der Waals surface area contributed by atoms with E-state index in [9.17, 15) is 14.0 Å². The number of benzene rings is 2. The van der Waals surface area contributed by atoms with E-state index in [0.29, 0.717) is 17.2 Å². The molecule has 1 amide bonds. The van der Waals surface area contributed by atoms with E-state index in [-0.39, 0.29) is 17.9 Å². The van der Waals surface area contributed by atoms with Crippen molar-refractivity contribution in [1.29, 1.82) is 0 Å². The van der Waals surface area contributed by atoms with Crippen molar-refractivity contribution in [3.63, 3.8) is 0 Å². The summed E-state index contributed by atoms with van der Waals surface area (Å²) in [6.07, 6.45) is 0. The largest absolute Gasteiger partial charge is 0.488 e. The molecular weight excluding hydrogens is 379 g/mol. The van der Waals surface area contributed by atoms with Gasteiger partial charge in [-0.2, -0.15) is 0 Å². The van der Waals surface area contributed by atoms with Crippen LogP contribution in [0.5, 0.6) is 5.75 Å². The summed E-state index contributed by atoms with van der Waals surface area (Å²) < 4.78 is 29.1. The van der Waals surface area contributed by atoms with Gasteiger partial charge in [0.05, 0.1) is 11.3 Å². The van der Waals surface area contributed by atoms with Gasteiger partial charge in [0.1, 0.15) is 29.5 Å². The minimum atomic E-state index is -0.714. The van der Waals surface area contributed by atoms with Crippen LogP contribution in [0.25, 0.3) is 0 Å². The topological polar surface area (TPSA) is 90.7 Å². The van der Waals surface area contributed by atoms with Crippen LogP contribution in [0.3, 0.4) is 0 Å². The molecule has 29 heavy (non-hydrogen) atoms. The predicted molar refractivity (Wildman–Crippen MR) is 102 cm³/mol. The Hall–Kier alpha value is -3.68. The minimum Gasteiger partial charge on any atom is -0.488 e. The summed E-state index contributed by atoms with van der Waals surface area (Å²) >= 11 is 0. The highest BCUT2D eigenvalue weighted by atomic mass is 19.1. The first-order valence-electron chi connectivity index (χ1n) is 8.80. The number of halogens is 1. The SMILES string of the molecule is Cc1noc(C)c1COc1ccccc1C(=O)OCC(=O)Nc1cccc(F)c1. The molecule has 8 heteroatoms. The second-order valence-electron chi connectivity index (χ2n) is 6.22. The number of ether oxygens (including phenoxy) is 2. The van der Waals surface area contributed by atoms with E-state index in [1.165, 1.54) is 24.3 Å². The first-order chi connectivity index (χ1) is 13.9. The average molecular weight is 398 g/mol. The molecule has 0 saturated carbocycles. The second kappa shape index (κ2) is 9.01. The van der Waals surface area contributed by atoms with E-state index in [0.717, 1.165) is 11.6 Å². The van der Waals surface area contributed by atoms with Crippen molar-refractivity contribution in [3.05, 3.63) is 76.9 Å². The van der Waals surface area contributed by atoms with Gasteiger partial charge >= 0.3 is 5.97 Å². The third-order valence-electron chi connectivity index (χ3n) is 4.10. The zero-order valence-electron chi connectivity index (χ0n) is 15.9. The molecule has 0 unspecified atom stereocenters. The average Bonchev–Trinajstić information content (AvgIpc) is 3.02. The number of hydrogen-bond donors (Lipinski definition) is 1. The highest BCUT2D eigenvalue weighted by Gasteiger charge is 2.17. The number of nitrogens with one attached hydrogen (secondary N) is 1. The predicted octanol–water partition coefficient (Wildman–Crippen LogP) is 3.81. The highest BCUT2D eigenvalue weighted by molar-refractivity contribution is 5.96. The normalized spacial score (nSPS) is 10.4. The zero-order valence-corrected chi connectivity index (χ0v) is 15.9. The maximum absolute atomic E-state index is 13.2. The molecule has 1 N–H and O–H groups in total. The van der Waals surface area contributed by atoms with Crippen molar-refractivity contribution in [3.8, 4) is 5.75 Å². The fraction of sp³-hybridized carbons (Fsp3) is 0.190. The lowest BCUT2D eigenvalue weighted by Gasteiger charge is -2.11. The lowest BCUT2D eigenvalue weighted by atomic mass is 10.2. The molecule has 1 aromatic heterocycles. The van der Waals surface area contributed by atoms with Crippen LogP contribution in [-0.4, -0.2) is 23.6 Å². The van der Waals surface area contributed by atoms with Crippen LogP contribution < -0.4 is 10.1 Å². The molecule has 0 fully saturated rings. The Balaban J connectivity index is 1.60. The van der Waals surface area contributed by atoms with Crippen LogP contribution in [0.4, 0.5) is 10.1 Å². The number of carbonyl (C=O) groups excluding carboxylic acids is 2. The van der Waals surface area contributed by atoms with Gasteiger partial charge in [-0.25, -0.2) is 9.18 Å². The molecule has 0 radical (unpaired) electrons. The number of anilines is 1. The Labute approximate surface area is 166 Å². The van der Waals surface area contributed by atoms with E-state index in [2.05, 4.69) is 10.5 Å². The van der Waals surface area contributed by atoms with Crippen LogP contribution in [0.1, 0.15) is 27.4 Å². The Morgan fingerprint density at radius 3 is 2.66 bits per heavy atom. The fourth-order valence-corrected chi connectivity index (χ4v) is 2.59. The van der Waals surface area contributed by atoms with E-state index in [4.69, 9.17) is 14.0 Å². The number of carbonyl (C=O) groups is 2. The van der Waals surface area contributed by atoms with Crippen molar-refractivity contribution in [1.82, 2.24) is 5.16 Å². The number of esters is 1. The summed E-state index contributed by atoms with van der Waals surface area (Å²) in [5, 5.41) is 6.32. The van der Waals surface area contributed by atoms with Crippen LogP contribution >= 0.6 is 0 Å². The van der Waals surface area contributed by atoms with Gasteiger partial charge in [0, 0.05) is 5.69 Å². The van der Waals surface area contributed by atoms with Gasteiger partial charge in [0.2, 0.25) is 0 Å². The van der Waals surface area contributed by atoms with Gasteiger partial charge in [0.25, 0.3) is 5.91 Å². The third-order valence-corrected chi connectivity index (χ3v) is 4.10. The van der Waals surface area contributed by atoms with Crippen LogP contribution in [0, 0.1) is 19.7 Å². The summed E-state index contributed by atoms with van der Waals surface area (Å²) in [5.74, 6) is -0.837.